The van der Waals surface area contributed by atoms with Crippen LogP contribution in [-0.2, 0) is 19.5 Å². The van der Waals surface area contributed by atoms with Crippen molar-refractivity contribution in [3.63, 3.8) is 0 Å². The van der Waals surface area contributed by atoms with Crippen LogP contribution in [0.1, 0.15) is 37.2 Å². The zero-order valence-corrected chi connectivity index (χ0v) is 12.8. The van der Waals surface area contributed by atoms with Crippen molar-refractivity contribution in [2.24, 2.45) is 0 Å². The second-order valence-electron chi connectivity index (χ2n) is 5.43. The summed E-state index contributed by atoms with van der Waals surface area (Å²) in [7, 11) is 0. The fraction of sp³-hybridized carbons (Fsp3) is 0.412. The van der Waals surface area contributed by atoms with E-state index in [1.807, 2.05) is 0 Å². The van der Waals surface area contributed by atoms with Crippen LogP contribution in [0.4, 0.5) is 11.6 Å². The fourth-order valence-electron chi connectivity index (χ4n) is 2.64. The second kappa shape index (κ2) is 6.12. The van der Waals surface area contributed by atoms with Crippen molar-refractivity contribution < 1.29 is 0 Å². The zero-order chi connectivity index (χ0) is 14.7. The molecule has 1 aromatic heterocycles. The molecule has 1 aliphatic heterocycles. The molecule has 4 nitrogen and oxygen atoms in total. The van der Waals surface area contributed by atoms with Crippen molar-refractivity contribution in [2.45, 2.75) is 39.8 Å². The highest BCUT2D eigenvalue weighted by atomic mass is 15.2. The maximum absolute atomic E-state index is 4.70. The quantitative estimate of drug-likeness (QED) is 0.912. The Morgan fingerprint density at radius 2 is 1.81 bits per heavy atom. The minimum absolute atomic E-state index is 0.857. The number of hydrogen-bond acceptors (Lipinski definition) is 4. The molecule has 110 valence electrons. The third-order valence-electron chi connectivity index (χ3n) is 3.80. The Balaban J connectivity index is 1.85. The number of anilines is 2. The molecule has 1 N–H and O–H groups in total. The van der Waals surface area contributed by atoms with Crippen molar-refractivity contribution in [3.8, 4) is 0 Å². The molecule has 0 spiro atoms. The molecule has 0 radical (unpaired) electrons. The Labute approximate surface area is 126 Å². The van der Waals surface area contributed by atoms with E-state index >= 15 is 0 Å². The van der Waals surface area contributed by atoms with E-state index in [9.17, 15) is 0 Å². The van der Waals surface area contributed by atoms with E-state index in [2.05, 4.69) is 59.4 Å². The van der Waals surface area contributed by atoms with Gasteiger partial charge in [-0.05, 0) is 17.5 Å². The van der Waals surface area contributed by atoms with Gasteiger partial charge in [-0.3, -0.25) is 0 Å². The standard InChI is InChI=1S/C17H22N4/c1-3-9-18-16-10-17(20-15(4-2)19-16)21-11-13-7-5-6-8-14(13)12-21/h5-8,10H,3-4,9,11-12H2,1-2H3,(H,18,19,20). The number of rotatable bonds is 5. The lowest BCUT2D eigenvalue weighted by atomic mass is 10.1. The lowest BCUT2D eigenvalue weighted by molar-refractivity contribution is 0.827. The molecule has 1 aliphatic rings. The molecule has 0 unspecified atom stereocenters. The highest BCUT2D eigenvalue weighted by Crippen LogP contribution is 2.28. The number of hydrogen-bond donors (Lipinski definition) is 1. The van der Waals surface area contributed by atoms with E-state index in [0.29, 0.717) is 0 Å². The maximum Gasteiger partial charge on any atom is 0.135 e. The van der Waals surface area contributed by atoms with E-state index in [0.717, 1.165) is 49.9 Å². The molecule has 0 atom stereocenters. The third-order valence-corrected chi connectivity index (χ3v) is 3.80. The number of aromatic nitrogens is 2. The summed E-state index contributed by atoms with van der Waals surface area (Å²) in [5.41, 5.74) is 2.80. The van der Waals surface area contributed by atoms with Gasteiger partial charge in [0.15, 0.2) is 0 Å². The summed E-state index contributed by atoms with van der Waals surface area (Å²) in [6.45, 7) is 7.07. The van der Waals surface area contributed by atoms with E-state index < -0.39 is 0 Å². The van der Waals surface area contributed by atoms with Gasteiger partial charge in [-0.25, -0.2) is 9.97 Å². The first-order valence-corrected chi connectivity index (χ1v) is 7.73. The van der Waals surface area contributed by atoms with Gasteiger partial charge in [0.05, 0.1) is 0 Å². The SMILES string of the molecule is CCCNc1cc(N2Cc3ccccc3C2)nc(CC)n1. The van der Waals surface area contributed by atoms with Crippen LogP contribution in [-0.4, -0.2) is 16.5 Å². The van der Waals surface area contributed by atoms with Crippen molar-refractivity contribution in [1.29, 1.82) is 0 Å². The minimum Gasteiger partial charge on any atom is -0.370 e. The maximum atomic E-state index is 4.70. The molecular formula is C17H22N4. The van der Waals surface area contributed by atoms with Crippen LogP contribution >= 0.6 is 0 Å². The molecule has 0 amide bonds. The molecule has 21 heavy (non-hydrogen) atoms. The van der Waals surface area contributed by atoms with Crippen LogP contribution in [0, 0.1) is 0 Å². The van der Waals surface area contributed by atoms with Gasteiger partial charge in [0.25, 0.3) is 0 Å². The molecule has 0 saturated carbocycles. The molecule has 0 fully saturated rings. The van der Waals surface area contributed by atoms with Crippen LogP contribution in [0.15, 0.2) is 30.3 Å². The topological polar surface area (TPSA) is 41.0 Å². The first-order chi connectivity index (χ1) is 10.3. The Morgan fingerprint density at radius 1 is 1.10 bits per heavy atom. The molecule has 4 heteroatoms. The molecule has 1 aromatic carbocycles. The molecule has 2 aromatic rings. The summed E-state index contributed by atoms with van der Waals surface area (Å²) >= 11 is 0. The summed E-state index contributed by atoms with van der Waals surface area (Å²) in [6.07, 6.45) is 1.95. The van der Waals surface area contributed by atoms with Crippen molar-refractivity contribution in [1.82, 2.24) is 9.97 Å². The predicted molar refractivity (Wildman–Crippen MR) is 86.5 cm³/mol. The van der Waals surface area contributed by atoms with Gasteiger partial charge in [-0.2, -0.15) is 0 Å². The average molecular weight is 282 g/mol. The normalized spacial score (nSPS) is 13.3. The van der Waals surface area contributed by atoms with Crippen LogP contribution in [0.2, 0.25) is 0 Å². The van der Waals surface area contributed by atoms with Crippen LogP contribution in [0.5, 0.6) is 0 Å². The number of fused-ring (bicyclic) bond motifs is 1. The number of aryl methyl sites for hydroxylation is 1. The van der Waals surface area contributed by atoms with Gasteiger partial charge < -0.3 is 10.2 Å². The fourth-order valence-corrected chi connectivity index (χ4v) is 2.64. The highest BCUT2D eigenvalue weighted by molar-refractivity contribution is 5.53. The molecule has 3 rings (SSSR count). The Morgan fingerprint density at radius 3 is 2.43 bits per heavy atom. The van der Waals surface area contributed by atoms with Crippen LogP contribution < -0.4 is 10.2 Å². The Kier molecular flexibility index (Phi) is 4.04. The van der Waals surface area contributed by atoms with Crippen molar-refractivity contribution in [2.75, 3.05) is 16.8 Å². The van der Waals surface area contributed by atoms with Gasteiger partial charge >= 0.3 is 0 Å². The largest absolute Gasteiger partial charge is 0.370 e. The summed E-state index contributed by atoms with van der Waals surface area (Å²) < 4.78 is 0. The molecule has 0 saturated heterocycles. The van der Waals surface area contributed by atoms with Crippen LogP contribution in [0.3, 0.4) is 0 Å². The summed E-state index contributed by atoms with van der Waals surface area (Å²) in [5.74, 6) is 2.87. The first-order valence-electron chi connectivity index (χ1n) is 7.73. The molecule has 0 aliphatic carbocycles. The third kappa shape index (κ3) is 2.99. The van der Waals surface area contributed by atoms with Crippen molar-refractivity contribution in [3.05, 3.63) is 47.3 Å². The van der Waals surface area contributed by atoms with E-state index in [4.69, 9.17) is 4.98 Å². The summed E-state index contributed by atoms with van der Waals surface area (Å²) in [6, 6.07) is 10.7. The van der Waals surface area contributed by atoms with Crippen LogP contribution in [0.25, 0.3) is 0 Å². The first kappa shape index (κ1) is 13.9. The van der Waals surface area contributed by atoms with E-state index in [-0.39, 0.29) is 0 Å². The molecular weight excluding hydrogens is 260 g/mol. The minimum atomic E-state index is 0.857. The lowest BCUT2D eigenvalue weighted by Crippen LogP contribution is -2.18. The zero-order valence-electron chi connectivity index (χ0n) is 12.8. The number of nitrogens with zero attached hydrogens (tertiary/aromatic N) is 3. The lowest BCUT2D eigenvalue weighted by Gasteiger charge is -2.18. The number of nitrogens with one attached hydrogen (secondary N) is 1. The Hall–Kier alpha value is -2.10. The van der Waals surface area contributed by atoms with E-state index in [1.54, 1.807) is 0 Å². The van der Waals surface area contributed by atoms with Crippen molar-refractivity contribution >= 4 is 11.6 Å². The summed E-state index contributed by atoms with van der Waals surface area (Å²) in [4.78, 5) is 11.6. The van der Waals surface area contributed by atoms with Gasteiger partial charge in [0.2, 0.25) is 0 Å². The summed E-state index contributed by atoms with van der Waals surface area (Å²) in [5, 5.41) is 3.38. The van der Waals surface area contributed by atoms with Gasteiger partial charge in [-0.1, -0.05) is 38.1 Å². The van der Waals surface area contributed by atoms with Gasteiger partial charge in [0.1, 0.15) is 17.5 Å². The highest BCUT2D eigenvalue weighted by Gasteiger charge is 2.20. The smallest absolute Gasteiger partial charge is 0.135 e. The Bertz CT molecular complexity index is 599. The monoisotopic (exact) mass is 282 g/mol. The van der Waals surface area contributed by atoms with Gasteiger partial charge in [-0.15, -0.1) is 0 Å². The molecule has 0 bridgehead atoms. The second-order valence-corrected chi connectivity index (χ2v) is 5.43. The number of benzene rings is 1. The van der Waals surface area contributed by atoms with E-state index in [1.165, 1.54) is 11.1 Å². The molecule has 2 heterocycles. The average Bonchev–Trinajstić information content (AvgIpc) is 2.96. The van der Waals surface area contributed by atoms with Gasteiger partial charge in [0, 0.05) is 32.1 Å². The predicted octanol–water partition coefficient (Wildman–Crippen LogP) is 3.38.